The van der Waals surface area contributed by atoms with E-state index in [9.17, 15) is 18.0 Å². The number of rotatable bonds is 4. The molecule has 27 heavy (non-hydrogen) atoms. The molecule has 3 aliphatic rings. The van der Waals surface area contributed by atoms with Crippen molar-refractivity contribution in [1.29, 1.82) is 0 Å². The van der Waals surface area contributed by atoms with Crippen molar-refractivity contribution in [3.05, 3.63) is 46.8 Å². The predicted molar refractivity (Wildman–Crippen MR) is 100 cm³/mol. The zero-order valence-corrected chi connectivity index (χ0v) is 16.1. The minimum Gasteiger partial charge on any atom is -0.348 e. The van der Waals surface area contributed by atoms with Gasteiger partial charge in [-0.05, 0) is 68.2 Å². The van der Waals surface area contributed by atoms with Crippen molar-refractivity contribution < 1.29 is 18.0 Å². The number of nitrogens with zero attached hydrogens (tertiary/aromatic N) is 1. The molecule has 2 bridgehead atoms. The molecule has 1 aromatic heterocycles. The number of fused-ring (bicyclic) bond motifs is 3. The van der Waals surface area contributed by atoms with Crippen LogP contribution in [0.25, 0.3) is 0 Å². The zero-order chi connectivity index (χ0) is 19.0. The number of hydrogen-bond acceptors (Lipinski definition) is 4. The summed E-state index contributed by atoms with van der Waals surface area (Å²) in [6.45, 7) is 3.17. The number of nitrogens with one attached hydrogen (secondary N) is 1. The molecule has 3 fully saturated rings. The Balaban J connectivity index is 1.37. The van der Waals surface area contributed by atoms with Gasteiger partial charge in [-0.3, -0.25) is 4.79 Å². The van der Waals surface area contributed by atoms with Gasteiger partial charge in [0.05, 0.1) is 4.21 Å². The van der Waals surface area contributed by atoms with E-state index in [2.05, 4.69) is 10.2 Å². The number of halogens is 3. The average Bonchev–Trinajstić information content (AvgIpc) is 3.12. The van der Waals surface area contributed by atoms with E-state index < -0.39 is 11.1 Å². The Labute approximate surface area is 163 Å². The molecule has 0 radical (unpaired) electrons. The van der Waals surface area contributed by atoms with Crippen LogP contribution in [0, 0.1) is 5.92 Å². The van der Waals surface area contributed by atoms with Crippen molar-refractivity contribution in [2.75, 3.05) is 19.6 Å². The highest BCUT2D eigenvalue weighted by molar-refractivity contribution is 8.01. The molecule has 2 aromatic rings. The van der Waals surface area contributed by atoms with E-state index in [-0.39, 0.29) is 11.9 Å². The minimum atomic E-state index is -4.31. The third-order valence-electron chi connectivity index (χ3n) is 5.17. The Morgan fingerprint density at radius 2 is 1.81 bits per heavy atom. The van der Waals surface area contributed by atoms with E-state index in [1.165, 1.54) is 17.8 Å². The quantitative estimate of drug-likeness (QED) is 0.787. The van der Waals surface area contributed by atoms with Crippen molar-refractivity contribution in [1.82, 2.24) is 10.2 Å². The first-order chi connectivity index (χ1) is 12.9. The average molecular weight is 413 g/mol. The Hall–Kier alpha value is -1.51. The highest BCUT2D eigenvalue weighted by Gasteiger charge is 2.35. The zero-order valence-electron chi connectivity index (χ0n) is 14.5. The summed E-state index contributed by atoms with van der Waals surface area (Å²) in [5, 5.41) is 3.15. The van der Waals surface area contributed by atoms with Crippen molar-refractivity contribution in [3.8, 4) is 0 Å². The summed E-state index contributed by atoms with van der Waals surface area (Å²) >= 11 is 2.00. The lowest BCUT2D eigenvalue weighted by Crippen LogP contribution is -2.57. The second kappa shape index (κ2) is 7.48. The van der Waals surface area contributed by atoms with E-state index in [0.717, 1.165) is 54.8 Å². The highest BCUT2D eigenvalue weighted by Crippen LogP contribution is 2.40. The number of thiophene rings is 1. The van der Waals surface area contributed by atoms with Gasteiger partial charge >= 0.3 is 6.18 Å². The first kappa shape index (κ1) is 18.8. The molecule has 8 heteroatoms. The maximum absolute atomic E-state index is 12.7. The SMILES string of the molecule is O=C(NC1CN2CCC1CC2)c1ccc(Sc2ccc(C(F)(F)F)s2)cc1. The summed E-state index contributed by atoms with van der Waals surface area (Å²) in [7, 11) is 0. The van der Waals surface area contributed by atoms with Crippen LogP contribution in [0.1, 0.15) is 28.1 Å². The fourth-order valence-electron chi connectivity index (χ4n) is 3.70. The molecular formula is C19H19F3N2OS2. The summed E-state index contributed by atoms with van der Waals surface area (Å²) in [6.07, 6.45) is -2.02. The summed E-state index contributed by atoms with van der Waals surface area (Å²) in [4.78, 5) is 15.1. The molecule has 3 saturated heterocycles. The third kappa shape index (κ3) is 4.33. The Bertz CT molecular complexity index is 811. The molecule has 3 aliphatic heterocycles. The largest absolute Gasteiger partial charge is 0.425 e. The molecule has 1 unspecified atom stereocenters. The lowest BCUT2D eigenvalue weighted by Gasteiger charge is -2.44. The number of hydrogen-bond donors (Lipinski definition) is 1. The van der Waals surface area contributed by atoms with Gasteiger partial charge < -0.3 is 10.2 Å². The summed E-state index contributed by atoms with van der Waals surface area (Å²) in [5.41, 5.74) is 0.581. The first-order valence-electron chi connectivity index (χ1n) is 8.87. The van der Waals surface area contributed by atoms with Crippen LogP contribution in [0.4, 0.5) is 13.2 Å². The van der Waals surface area contributed by atoms with Crippen LogP contribution in [-0.4, -0.2) is 36.5 Å². The van der Waals surface area contributed by atoms with Crippen molar-refractivity contribution in [3.63, 3.8) is 0 Å². The van der Waals surface area contributed by atoms with E-state index in [0.29, 0.717) is 15.7 Å². The maximum atomic E-state index is 12.7. The molecule has 1 amide bonds. The first-order valence-corrected chi connectivity index (χ1v) is 10.5. The van der Waals surface area contributed by atoms with Gasteiger partial charge in [-0.25, -0.2) is 0 Å². The molecule has 3 nitrogen and oxygen atoms in total. The number of piperidine rings is 3. The Kier molecular flexibility index (Phi) is 5.22. The lowest BCUT2D eigenvalue weighted by atomic mass is 9.84. The van der Waals surface area contributed by atoms with Gasteiger partial charge in [0.1, 0.15) is 4.88 Å². The van der Waals surface area contributed by atoms with Crippen molar-refractivity contribution >= 4 is 29.0 Å². The number of benzene rings is 1. The van der Waals surface area contributed by atoms with E-state index in [1.54, 1.807) is 24.3 Å². The number of alkyl halides is 3. The normalized spacial score (nSPS) is 24.8. The monoisotopic (exact) mass is 412 g/mol. The maximum Gasteiger partial charge on any atom is 0.425 e. The summed E-state index contributed by atoms with van der Waals surface area (Å²) in [6, 6.07) is 9.82. The fourth-order valence-corrected chi connectivity index (χ4v) is 5.67. The molecule has 1 N–H and O–H groups in total. The highest BCUT2D eigenvalue weighted by atomic mass is 32.2. The molecule has 5 rings (SSSR count). The van der Waals surface area contributed by atoms with Gasteiger partial charge in [-0.15, -0.1) is 11.3 Å². The summed E-state index contributed by atoms with van der Waals surface area (Å²) in [5.74, 6) is 0.483. The molecular weight excluding hydrogens is 393 g/mol. The summed E-state index contributed by atoms with van der Waals surface area (Å²) < 4.78 is 38.6. The topological polar surface area (TPSA) is 32.3 Å². The third-order valence-corrected chi connectivity index (χ3v) is 7.44. The number of carbonyl (C=O) groups excluding carboxylic acids is 1. The van der Waals surface area contributed by atoms with Crippen LogP contribution in [0.5, 0.6) is 0 Å². The molecule has 0 aliphatic carbocycles. The van der Waals surface area contributed by atoms with Gasteiger partial charge in [0.2, 0.25) is 0 Å². The molecule has 1 atom stereocenters. The van der Waals surface area contributed by atoms with E-state index in [4.69, 9.17) is 0 Å². The lowest BCUT2D eigenvalue weighted by molar-refractivity contribution is -0.134. The van der Waals surface area contributed by atoms with E-state index >= 15 is 0 Å². The predicted octanol–water partition coefficient (Wildman–Crippen LogP) is 4.74. The van der Waals surface area contributed by atoms with Crippen molar-refractivity contribution in [2.45, 2.75) is 34.2 Å². The molecule has 144 valence electrons. The Morgan fingerprint density at radius 3 is 2.37 bits per heavy atom. The van der Waals surface area contributed by atoms with Crippen LogP contribution >= 0.6 is 23.1 Å². The Morgan fingerprint density at radius 1 is 1.11 bits per heavy atom. The van der Waals surface area contributed by atoms with Crippen LogP contribution in [-0.2, 0) is 6.18 Å². The molecule has 4 heterocycles. The minimum absolute atomic E-state index is 0.0826. The second-order valence-corrected chi connectivity index (χ2v) is 9.42. The van der Waals surface area contributed by atoms with Crippen LogP contribution in [0.3, 0.4) is 0 Å². The standard InChI is InChI=1S/C19H19F3N2OS2/c20-19(21,22)16-5-6-17(27-16)26-14-3-1-13(2-4-14)18(25)23-15-11-24-9-7-12(15)8-10-24/h1-6,12,15H,7-11H2,(H,23,25). The number of amides is 1. The van der Waals surface area contributed by atoms with Gasteiger partial charge in [-0.2, -0.15) is 13.2 Å². The van der Waals surface area contributed by atoms with Crippen LogP contribution in [0.15, 0.2) is 45.5 Å². The van der Waals surface area contributed by atoms with Crippen molar-refractivity contribution in [2.24, 2.45) is 5.92 Å². The van der Waals surface area contributed by atoms with Gasteiger partial charge in [-0.1, -0.05) is 11.8 Å². The van der Waals surface area contributed by atoms with Gasteiger partial charge in [0.15, 0.2) is 0 Å². The van der Waals surface area contributed by atoms with Gasteiger partial charge in [0.25, 0.3) is 5.91 Å². The van der Waals surface area contributed by atoms with Gasteiger partial charge in [0, 0.05) is 23.0 Å². The molecule has 0 spiro atoms. The smallest absolute Gasteiger partial charge is 0.348 e. The van der Waals surface area contributed by atoms with Crippen LogP contribution in [0.2, 0.25) is 0 Å². The molecule has 0 saturated carbocycles. The molecule has 1 aromatic carbocycles. The van der Waals surface area contributed by atoms with Crippen LogP contribution < -0.4 is 5.32 Å². The second-order valence-electron chi connectivity index (χ2n) is 6.96. The number of carbonyl (C=O) groups is 1. The fraction of sp³-hybridized carbons (Fsp3) is 0.421. The van der Waals surface area contributed by atoms with E-state index in [1.807, 2.05) is 0 Å².